The number of fused-ring (bicyclic) bond motifs is 1. The number of ether oxygens (including phenoxy) is 4. The summed E-state index contributed by atoms with van der Waals surface area (Å²) in [5.74, 6) is -0.679. The maximum atomic E-state index is 13.4. The summed E-state index contributed by atoms with van der Waals surface area (Å²) in [6, 6.07) is 14.7. The molecule has 4 rings (SSSR count). The van der Waals surface area contributed by atoms with Crippen LogP contribution in [0.4, 0.5) is 16.2 Å². The summed E-state index contributed by atoms with van der Waals surface area (Å²) in [6.45, 7) is 5.31. The largest absolute Gasteiger partial charge is 0.493 e. The van der Waals surface area contributed by atoms with Gasteiger partial charge in [-0.3, -0.25) is 14.4 Å². The monoisotopic (exact) mass is 634 g/mol. The maximum absolute atomic E-state index is 13.4. The Balaban J connectivity index is 1.37. The molecule has 1 heterocycles. The van der Waals surface area contributed by atoms with E-state index >= 15 is 0 Å². The Morgan fingerprint density at radius 1 is 0.913 bits per heavy atom. The first-order chi connectivity index (χ1) is 22.0. The molecule has 2 unspecified atom stereocenters. The Bertz CT molecular complexity index is 1580. The van der Waals surface area contributed by atoms with Crippen molar-refractivity contribution >= 4 is 35.2 Å². The van der Waals surface area contributed by atoms with E-state index in [-0.39, 0.29) is 30.6 Å². The molecular weight excluding hydrogens is 596 g/mol. The Labute approximate surface area is 266 Å². The molecule has 5 N–H and O–H groups in total. The number of amides is 4. The molecule has 13 heteroatoms. The first-order valence-corrected chi connectivity index (χ1v) is 14.7. The van der Waals surface area contributed by atoms with E-state index < -0.39 is 42.5 Å². The van der Waals surface area contributed by atoms with E-state index in [2.05, 4.69) is 21.3 Å². The van der Waals surface area contributed by atoms with Crippen molar-refractivity contribution in [2.75, 3.05) is 31.1 Å². The number of carbonyl (C=O) groups excluding carboxylic acids is 3. The number of aliphatic carboxylic acids is 1. The quantitative estimate of drug-likeness (QED) is 0.170. The summed E-state index contributed by atoms with van der Waals surface area (Å²) in [7, 11) is 1.43. The molecule has 2 atom stereocenters. The maximum Gasteiger partial charge on any atom is 0.323 e. The molecule has 3 aromatic rings. The lowest BCUT2D eigenvalue weighted by Gasteiger charge is -2.24. The zero-order chi connectivity index (χ0) is 33.2. The average molecular weight is 635 g/mol. The second-order valence-electron chi connectivity index (χ2n) is 11.1. The Kier molecular flexibility index (Phi) is 11.3. The van der Waals surface area contributed by atoms with Crippen molar-refractivity contribution < 1.29 is 43.2 Å². The third-order valence-corrected chi connectivity index (χ3v) is 7.03. The summed E-state index contributed by atoms with van der Waals surface area (Å²) >= 11 is 0. The SMILES string of the molecule is COc1cc(NC(=O)Nc2ccccc2C)ccc1OCC(=O)NC(CC(C)C)C(=O)NC(CC(=O)O)c1ccc2c(c1)OCO2. The summed E-state index contributed by atoms with van der Waals surface area (Å²) < 4.78 is 21.8. The number of hydrogen-bond acceptors (Lipinski definition) is 8. The van der Waals surface area contributed by atoms with Crippen molar-refractivity contribution in [3.05, 3.63) is 71.8 Å². The number of aryl methyl sites for hydroxylation is 1. The number of methoxy groups -OCH3 is 1. The number of para-hydroxylation sites is 1. The Morgan fingerprint density at radius 2 is 1.67 bits per heavy atom. The van der Waals surface area contributed by atoms with Crippen molar-refractivity contribution in [2.45, 2.75) is 45.7 Å². The topological polar surface area (TPSA) is 174 Å². The minimum Gasteiger partial charge on any atom is -0.493 e. The highest BCUT2D eigenvalue weighted by Crippen LogP contribution is 2.35. The van der Waals surface area contributed by atoms with Crippen LogP contribution in [0.3, 0.4) is 0 Å². The molecule has 0 aromatic heterocycles. The fourth-order valence-electron chi connectivity index (χ4n) is 4.77. The number of urea groups is 1. The Morgan fingerprint density at radius 3 is 2.39 bits per heavy atom. The molecule has 0 radical (unpaired) electrons. The lowest BCUT2D eigenvalue weighted by atomic mass is 10.00. The normalized spacial score (nSPS) is 12.9. The van der Waals surface area contributed by atoms with Crippen molar-refractivity contribution in [1.82, 2.24) is 10.6 Å². The van der Waals surface area contributed by atoms with E-state index in [4.69, 9.17) is 18.9 Å². The van der Waals surface area contributed by atoms with Gasteiger partial charge in [-0.05, 0) is 60.7 Å². The van der Waals surface area contributed by atoms with Crippen molar-refractivity contribution in [3.63, 3.8) is 0 Å². The van der Waals surface area contributed by atoms with Crippen LogP contribution in [-0.2, 0) is 14.4 Å². The van der Waals surface area contributed by atoms with Crippen LogP contribution in [0.2, 0.25) is 0 Å². The molecule has 1 aliphatic heterocycles. The van der Waals surface area contributed by atoms with E-state index in [0.717, 1.165) is 5.56 Å². The molecule has 244 valence electrons. The predicted molar refractivity (Wildman–Crippen MR) is 169 cm³/mol. The van der Waals surface area contributed by atoms with Gasteiger partial charge in [-0.15, -0.1) is 0 Å². The van der Waals surface area contributed by atoms with Gasteiger partial charge >= 0.3 is 12.0 Å². The van der Waals surface area contributed by atoms with Crippen LogP contribution in [0.15, 0.2) is 60.7 Å². The second kappa shape index (κ2) is 15.5. The van der Waals surface area contributed by atoms with E-state index in [1.54, 1.807) is 42.5 Å². The van der Waals surface area contributed by atoms with Gasteiger partial charge in [0, 0.05) is 17.4 Å². The minimum absolute atomic E-state index is 0.0311. The fourth-order valence-corrected chi connectivity index (χ4v) is 4.77. The number of nitrogens with one attached hydrogen (secondary N) is 4. The number of carbonyl (C=O) groups is 4. The molecular formula is C33H38N4O9. The molecule has 0 bridgehead atoms. The molecule has 3 aromatic carbocycles. The smallest absolute Gasteiger partial charge is 0.323 e. The molecule has 1 aliphatic rings. The van der Waals surface area contributed by atoms with Crippen LogP contribution in [0, 0.1) is 12.8 Å². The van der Waals surface area contributed by atoms with E-state index in [9.17, 15) is 24.3 Å². The summed E-state index contributed by atoms with van der Waals surface area (Å²) in [5, 5.41) is 20.5. The van der Waals surface area contributed by atoms with Crippen LogP contribution < -0.4 is 40.2 Å². The molecule has 4 amide bonds. The van der Waals surface area contributed by atoms with Crippen LogP contribution >= 0.6 is 0 Å². The van der Waals surface area contributed by atoms with Gasteiger partial charge in [0.25, 0.3) is 5.91 Å². The summed E-state index contributed by atoms with van der Waals surface area (Å²) in [6.07, 6.45) is -0.0815. The highest BCUT2D eigenvalue weighted by Gasteiger charge is 2.27. The number of carboxylic acid groups (broad SMARTS) is 1. The molecule has 13 nitrogen and oxygen atoms in total. The first-order valence-electron chi connectivity index (χ1n) is 14.7. The highest BCUT2D eigenvalue weighted by atomic mass is 16.7. The summed E-state index contributed by atoms with van der Waals surface area (Å²) in [5.41, 5.74) is 2.55. The van der Waals surface area contributed by atoms with Gasteiger partial charge in [0.1, 0.15) is 6.04 Å². The number of hydrogen-bond donors (Lipinski definition) is 5. The third kappa shape index (κ3) is 9.27. The van der Waals surface area contributed by atoms with Gasteiger partial charge in [-0.25, -0.2) is 4.79 Å². The van der Waals surface area contributed by atoms with Gasteiger partial charge < -0.3 is 45.3 Å². The van der Waals surface area contributed by atoms with Crippen molar-refractivity contribution in [1.29, 1.82) is 0 Å². The Hall–Kier alpha value is -5.46. The zero-order valence-corrected chi connectivity index (χ0v) is 26.0. The molecule has 46 heavy (non-hydrogen) atoms. The van der Waals surface area contributed by atoms with Crippen molar-refractivity contribution in [2.24, 2.45) is 5.92 Å². The molecule has 0 spiro atoms. The molecule has 0 aliphatic carbocycles. The number of carboxylic acids is 1. The van der Waals surface area contributed by atoms with Gasteiger partial charge in [0.05, 0.1) is 19.6 Å². The average Bonchev–Trinajstić information content (AvgIpc) is 3.48. The zero-order valence-electron chi connectivity index (χ0n) is 26.0. The summed E-state index contributed by atoms with van der Waals surface area (Å²) in [4.78, 5) is 50.4. The van der Waals surface area contributed by atoms with Crippen molar-refractivity contribution in [3.8, 4) is 23.0 Å². The van der Waals surface area contributed by atoms with Crippen LogP contribution in [0.5, 0.6) is 23.0 Å². The van der Waals surface area contributed by atoms with E-state index in [1.807, 2.05) is 39.0 Å². The number of rotatable bonds is 14. The minimum atomic E-state index is -1.11. The van der Waals surface area contributed by atoms with Gasteiger partial charge in [-0.1, -0.05) is 38.1 Å². The lowest BCUT2D eigenvalue weighted by molar-refractivity contribution is -0.138. The van der Waals surface area contributed by atoms with Gasteiger partial charge in [0.2, 0.25) is 12.7 Å². The lowest BCUT2D eigenvalue weighted by Crippen LogP contribution is -2.49. The predicted octanol–water partition coefficient (Wildman–Crippen LogP) is 4.62. The van der Waals surface area contributed by atoms with Gasteiger partial charge in [-0.2, -0.15) is 0 Å². The fraction of sp³-hybridized carbons (Fsp3) is 0.333. The molecule has 0 fully saturated rings. The standard InChI is InChI=1S/C33H38N4O9/c1-19(2)13-25(32(41)36-24(16-31(39)40)21-9-11-27-29(14-21)46-18-45-27)35-30(38)17-44-26-12-10-22(15-28(26)43-4)34-33(42)37-23-8-6-5-7-20(23)3/h5-12,14-15,19,24-25H,13,16-18H2,1-4H3,(H,35,38)(H,36,41)(H,39,40)(H2,34,37,42). The van der Waals surface area contributed by atoms with Crippen LogP contribution in [-0.4, -0.2) is 55.5 Å². The number of benzene rings is 3. The number of anilines is 2. The van der Waals surface area contributed by atoms with Gasteiger partial charge in [0.15, 0.2) is 29.6 Å². The second-order valence-corrected chi connectivity index (χ2v) is 11.1. The first kappa shape index (κ1) is 33.4. The molecule has 0 saturated heterocycles. The molecule has 0 saturated carbocycles. The van der Waals surface area contributed by atoms with E-state index in [0.29, 0.717) is 34.9 Å². The highest BCUT2D eigenvalue weighted by molar-refractivity contribution is 6.00. The third-order valence-electron chi connectivity index (χ3n) is 7.03. The van der Waals surface area contributed by atoms with Crippen LogP contribution in [0.25, 0.3) is 0 Å². The van der Waals surface area contributed by atoms with Crippen LogP contribution in [0.1, 0.15) is 43.9 Å². The van der Waals surface area contributed by atoms with E-state index in [1.165, 1.54) is 7.11 Å².